The largest absolute Gasteiger partial charge is 0.392 e. The number of rotatable bonds is 6. The molecular formula is C30H33NO3. The van der Waals surface area contributed by atoms with Gasteiger partial charge in [0.15, 0.2) is 0 Å². The Kier molecular flexibility index (Phi) is 6.39. The van der Waals surface area contributed by atoms with Gasteiger partial charge in [0.2, 0.25) is 0 Å². The highest BCUT2D eigenvalue weighted by molar-refractivity contribution is 5.81. The third kappa shape index (κ3) is 4.22. The first kappa shape index (κ1) is 23.0. The van der Waals surface area contributed by atoms with Crippen LogP contribution >= 0.6 is 0 Å². The minimum absolute atomic E-state index is 0.138. The summed E-state index contributed by atoms with van der Waals surface area (Å²) >= 11 is 0. The third-order valence-electron chi connectivity index (χ3n) is 7.81. The molecule has 4 heteroatoms. The fourth-order valence-corrected chi connectivity index (χ4v) is 6.39. The molecule has 1 aliphatic carbocycles. The van der Waals surface area contributed by atoms with Crippen molar-refractivity contribution in [1.82, 2.24) is 4.90 Å². The van der Waals surface area contributed by atoms with Crippen molar-refractivity contribution in [3.63, 3.8) is 0 Å². The molecular weight excluding hydrogens is 422 g/mol. The maximum Gasteiger partial charge on any atom is 0.134 e. The molecule has 4 nitrogen and oxygen atoms in total. The van der Waals surface area contributed by atoms with Gasteiger partial charge in [0, 0.05) is 43.3 Å². The molecule has 0 radical (unpaired) electrons. The Morgan fingerprint density at radius 1 is 0.971 bits per heavy atom. The number of Topliss-reactive ketones (excluding diaryl/α,β-unsaturated/α-hetero) is 1. The molecule has 5 unspecified atom stereocenters. The van der Waals surface area contributed by atoms with Crippen molar-refractivity contribution < 1.29 is 15.0 Å². The molecule has 0 spiro atoms. The molecule has 0 amide bonds. The van der Waals surface area contributed by atoms with Gasteiger partial charge in [-0.2, -0.15) is 0 Å². The van der Waals surface area contributed by atoms with Crippen LogP contribution in [-0.4, -0.2) is 39.6 Å². The van der Waals surface area contributed by atoms with Crippen LogP contribution in [0, 0.1) is 18.3 Å². The predicted molar refractivity (Wildman–Crippen MR) is 133 cm³/mol. The summed E-state index contributed by atoms with van der Waals surface area (Å²) in [5.41, 5.74) is 3.40. The maximum absolute atomic E-state index is 13.1. The van der Waals surface area contributed by atoms with Crippen molar-refractivity contribution >= 4 is 5.78 Å². The average molecular weight is 456 g/mol. The van der Waals surface area contributed by atoms with Crippen LogP contribution in [0.2, 0.25) is 0 Å². The number of aryl methyl sites for hydroxylation is 1. The molecule has 2 N–H and O–H groups in total. The van der Waals surface area contributed by atoms with Gasteiger partial charge in [0.1, 0.15) is 5.78 Å². The number of aliphatic hydroxyl groups is 2. The van der Waals surface area contributed by atoms with Gasteiger partial charge >= 0.3 is 0 Å². The molecule has 3 aromatic rings. The lowest BCUT2D eigenvalue weighted by atomic mass is 9.55. The van der Waals surface area contributed by atoms with E-state index in [-0.39, 0.29) is 24.2 Å². The van der Waals surface area contributed by atoms with Crippen molar-refractivity contribution in [2.24, 2.45) is 11.3 Å². The number of carbonyl (C=O) groups excluding carboxylic acids is 1. The molecule has 176 valence electrons. The van der Waals surface area contributed by atoms with Crippen molar-refractivity contribution in [3.05, 3.63) is 107 Å². The monoisotopic (exact) mass is 455 g/mol. The summed E-state index contributed by atoms with van der Waals surface area (Å²) < 4.78 is 0. The molecule has 0 aromatic heterocycles. The average Bonchev–Trinajstić information content (AvgIpc) is 2.82. The van der Waals surface area contributed by atoms with E-state index in [2.05, 4.69) is 42.2 Å². The van der Waals surface area contributed by atoms with E-state index >= 15 is 0 Å². The van der Waals surface area contributed by atoms with E-state index in [1.807, 2.05) is 54.6 Å². The summed E-state index contributed by atoms with van der Waals surface area (Å²) in [7, 11) is 0. The number of nitrogens with zero attached hydrogens (tertiary/aromatic N) is 1. The zero-order chi connectivity index (χ0) is 23.7. The van der Waals surface area contributed by atoms with Gasteiger partial charge in [-0.15, -0.1) is 0 Å². The zero-order valence-electron chi connectivity index (χ0n) is 19.7. The highest BCUT2D eigenvalue weighted by Gasteiger charge is 2.61. The lowest BCUT2D eigenvalue weighted by Gasteiger charge is -2.59. The van der Waals surface area contributed by atoms with Gasteiger partial charge < -0.3 is 10.2 Å². The molecule has 5 rings (SSSR count). The maximum atomic E-state index is 13.1. The smallest absolute Gasteiger partial charge is 0.134 e. The quantitative estimate of drug-likeness (QED) is 0.575. The molecule has 2 bridgehead atoms. The Hall–Kier alpha value is -2.79. The second-order valence-corrected chi connectivity index (χ2v) is 10.2. The third-order valence-corrected chi connectivity index (χ3v) is 7.81. The number of likely N-dealkylation sites (tertiary alicyclic amines) is 1. The SMILES string of the molecule is Cc1cccc(C2N(Cc3ccccc3)CC3CC(=O)CC2(C(O)Cc2ccccc2)C3O)c1. The van der Waals surface area contributed by atoms with Gasteiger partial charge in [-0.3, -0.25) is 9.69 Å². The lowest BCUT2D eigenvalue weighted by molar-refractivity contribution is -0.200. The number of ketones is 1. The summed E-state index contributed by atoms with van der Waals surface area (Å²) in [5.74, 6) is -0.0455. The van der Waals surface area contributed by atoms with Crippen LogP contribution in [-0.2, 0) is 17.8 Å². The Labute approximate surface area is 201 Å². The number of piperidine rings is 1. The number of hydrogen-bond acceptors (Lipinski definition) is 4. The normalized spacial score (nSPS) is 28.0. The number of benzene rings is 3. The number of aliphatic hydroxyl groups excluding tert-OH is 2. The molecule has 2 fully saturated rings. The Morgan fingerprint density at radius 3 is 2.32 bits per heavy atom. The Balaban J connectivity index is 1.63. The number of fused-ring (bicyclic) bond motifs is 2. The second kappa shape index (κ2) is 9.46. The summed E-state index contributed by atoms with van der Waals surface area (Å²) in [6.45, 7) is 3.39. The van der Waals surface area contributed by atoms with Crippen molar-refractivity contribution in [3.8, 4) is 0 Å². The summed E-state index contributed by atoms with van der Waals surface area (Å²) in [6, 6.07) is 28.3. The molecule has 5 atom stereocenters. The van der Waals surface area contributed by atoms with E-state index < -0.39 is 17.6 Å². The molecule has 2 aliphatic rings. The van der Waals surface area contributed by atoms with Gasteiger partial charge in [-0.25, -0.2) is 0 Å². The zero-order valence-corrected chi connectivity index (χ0v) is 19.7. The van der Waals surface area contributed by atoms with E-state index in [4.69, 9.17) is 0 Å². The molecule has 3 aromatic carbocycles. The van der Waals surface area contributed by atoms with E-state index in [0.717, 1.165) is 16.7 Å². The minimum Gasteiger partial charge on any atom is -0.392 e. The van der Waals surface area contributed by atoms with Crippen LogP contribution < -0.4 is 0 Å². The predicted octanol–water partition coefficient (Wildman–Crippen LogP) is 4.48. The van der Waals surface area contributed by atoms with Crippen LogP contribution in [0.15, 0.2) is 84.9 Å². The van der Waals surface area contributed by atoms with E-state index in [9.17, 15) is 15.0 Å². The summed E-state index contributed by atoms with van der Waals surface area (Å²) in [5, 5.41) is 23.6. The topological polar surface area (TPSA) is 60.8 Å². The van der Waals surface area contributed by atoms with Gasteiger partial charge in [0.25, 0.3) is 0 Å². The molecule has 1 saturated heterocycles. The lowest BCUT2D eigenvalue weighted by Crippen LogP contribution is -2.66. The fraction of sp³-hybridized carbons (Fsp3) is 0.367. The van der Waals surface area contributed by atoms with Gasteiger partial charge in [0.05, 0.1) is 12.2 Å². The van der Waals surface area contributed by atoms with Crippen molar-refractivity contribution in [1.29, 1.82) is 0 Å². The first-order valence-electron chi connectivity index (χ1n) is 12.2. The Bertz CT molecular complexity index is 1130. The molecule has 1 heterocycles. The first-order valence-corrected chi connectivity index (χ1v) is 12.2. The highest BCUT2D eigenvalue weighted by Crippen LogP contribution is 2.56. The standard InChI is InChI=1S/C30H33NO3/c1-21-9-8-14-24(15-21)28-30(27(33)16-22-10-4-2-5-11-22)18-26(32)17-25(29(30)34)20-31(28)19-23-12-6-3-7-13-23/h2-15,25,27-29,33-34H,16-20H2,1H3. The highest BCUT2D eigenvalue weighted by atomic mass is 16.3. The van der Waals surface area contributed by atoms with Gasteiger partial charge in [-0.05, 0) is 30.0 Å². The first-order chi connectivity index (χ1) is 16.5. The van der Waals surface area contributed by atoms with E-state index in [1.54, 1.807) is 0 Å². The van der Waals surface area contributed by atoms with E-state index in [1.165, 1.54) is 5.56 Å². The minimum atomic E-state index is -0.976. The Morgan fingerprint density at radius 2 is 1.65 bits per heavy atom. The number of hydrogen-bond donors (Lipinski definition) is 2. The van der Waals surface area contributed by atoms with Crippen molar-refractivity contribution in [2.75, 3.05) is 6.54 Å². The van der Waals surface area contributed by atoms with Gasteiger partial charge in [-0.1, -0.05) is 90.5 Å². The molecule has 34 heavy (non-hydrogen) atoms. The second-order valence-electron chi connectivity index (χ2n) is 10.2. The molecule has 1 aliphatic heterocycles. The summed E-state index contributed by atoms with van der Waals surface area (Å²) in [6.07, 6.45) is -0.656. The fourth-order valence-electron chi connectivity index (χ4n) is 6.39. The van der Waals surface area contributed by atoms with Crippen LogP contribution in [0.1, 0.15) is 41.1 Å². The van der Waals surface area contributed by atoms with Crippen LogP contribution in [0.5, 0.6) is 0 Å². The van der Waals surface area contributed by atoms with Crippen LogP contribution in [0.25, 0.3) is 0 Å². The number of carbonyl (C=O) groups is 1. The summed E-state index contributed by atoms with van der Waals surface area (Å²) in [4.78, 5) is 15.4. The van der Waals surface area contributed by atoms with E-state index in [0.29, 0.717) is 25.9 Å². The molecule has 1 saturated carbocycles. The van der Waals surface area contributed by atoms with Crippen LogP contribution in [0.3, 0.4) is 0 Å². The van der Waals surface area contributed by atoms with Crippen molar-refractivity contribution in [2.45, 2.75) is 51.0 Å². The van der Waals surface area contributed by atoms with Crippen LogP contribution in [0.4, 0.5) is 0 Å².